The van der Waals surface area contributed by atoms with Crippen molar-refractivity contribution in [1.82, 2.24) is 4.90 Å². The molecule has 1 fully saturated rings. The predicted octanol–water partition coefficient (Wildman–Crippen LogP) is 1.49. The Morgan fingerprint density at radius 2 is 1.94 bits per heavy atom. The van der Waals surface area contributed by atoms with E-state index in [1.165, 1.54) is 12.1 Å². The number of benzene rings is 1. The summed E-state index contributed by atoms with van der Waals surface area (Å²) in [5.74, 6) is -0.440. The van der Waals surface area contributed by atoms with Gasteiger partial charge >= 0.3 is 0 Å². The van der Waals surface area contributed by atoms with Crippen LogP contribution in [0.1, 0.15) is 0 Å². The number of anilines is 1. The van der Waals surface area contributed by atoms with Crippen molar-refractivity contribution in [1.29, 1.82) is 0 Å². The minimum absolute atomic E-state index is 0.0315. The number of likely N-dealkylation sites (N-methyl/N-ethyl adjacent to an activating group) is 1. The summed E-state index contributed by atoms with van der Waals surface area (Å²) < 4.78 is 13.2. The lowest BCUT2D eigenvalue weighted by Gasteiger charge is -2.33. The van der Waals surface area contributed by atoms with E-state index in [9.17, 15) is 14.5 Å². The van der Waals surface area contributed by atoms with Crippen LogP contribution in [0.5, 0.6) is 0 Å². The van der Waals surface area contributed by atoms with Crippen molar-refractivity contribution in [3.05, 3.63) is 34.1 Å². The van der Waals surface area contributed by atoms with E-state index in [-0.39, 0.29) is 5.69 Å². The fourth-order valence-corrected chi connectivity index (χ4v) is 1.95. The molecule has 1 aliphatic rings. The second-order valence-electron chi connectivity index (χ2n) is 4.18. The zero-order valence-electron chi connectivity index (χ0n) is 9.60. The smallest absolute Gasteiger partial charge is 0.292 e. The molecule has 6 heteroatoms. The highest BCUT2D eigenvalue weighted by molar-refractivity contribution is 5.63. The van der Waals surface area contributed by atoms with Crippen molar-refractivity contribution in [2.75, 3.05) is 38.1 Å². The minimum atomic E-state index is -0.465. The summed E-state index contributed by atoms with van der Waals surface area (Å²) in [4.78, 5) is 14.4. The molecule has 0 amide bonds. The maximum atomic E-state index is 13.2. The summed E-state index contributed by atoms with van der Waals surface area (Å²) in [6, 6.07) is 3.59. The van der Waals surface area contributed by atoms with Gasteiger partial charge in [0.15, 0.2) is 0 Å². The third kappa shape index (κ3) is 2.52. The largest absolute Gasteiger partial charge is 0.363 e. The van der Waals surface area contributed by atoms with Gasteiger partial charge in [0.1, 0.15) is 11.5 Å². The molecule has 0 atom stereocenters. The highest BCUT2D eigenvalue weighted by Crippen LogP contribution is 2.29. The van der Waals surface area contributed by atoms with Crippen LogP contribution in [-0.2, 0) is 0 Å². The number of nitro benzene ring substituents is 1. The van der Waals surface area contributed by atoms with Crippen LogP contribution in [0.2, 0.25) is 0 Å². The Hall–Kier alpha value is -1.69. The second-order valence-corrected chi connectivity index (χ2v) is 4.18. The molecule has 92 valence electrons. The molecule has 1 aromatic carbocycles. The van der Waals surface area contributed by atoms with E-state index in [2.05, 4.69) is 4.90 Å². The number of hydrogen-bond donors (Lipinski definition) is 0. The van der Waals surface area contributed by atoms with Crippen LogP contribution in [0, 0.1) is 15.9 Å². The van der Waals surface area contributed by atoms with E-state index < -0.39 is 10.7 Å². The molecule has 1 heterocycles. The maximum absolute atomic E-state index is 13.2. The van der Waals surface area contributed by atoms with Crippen molar-refractivity contribution in [2.24, 2.45) is 0 Å². The average Bonchev–Trinajstić information content (AvgIpc) is 2.29. The average molecular weight is 239 g/mol. The topological polar surface area (TPSA) is 49.6 Å². The zero-order valence-corrected chi connectivity index (χ0v) is 9.60. The number of halogens is 1. The summed E-state index contributed by atoms with van der Waals surface area (Å²) in [5, 5.41) is 10.9. The Bertz CT molecular complexity index is 431. The molecule has 0 spiro atoms. The molecule has 0 aliphatic carbocycles. The van der Waals surface area contributed by atoms with Gasteiger partial charge in [-0.2, -0.15) is 0 Å². The molecule has 0 N–H and O–H groups in total. The molecular formula is C11H14FN3O2. The molecule has 0 saturated carbocycles. The molecule has 0 aromatic heterocycles. The highest BCUT2D eigenvalue weighted by Gasteiger charge is 2.22. The van der Waals surface area contributed by atoms with Crippen LogP contribution in [0.25, 0.3) is 0 Å². The monoisotopic (exact) mass is 239 g/mol. The normalized spacial score (nSPS) is 17.2. The van der Waals surface area contributed by atoms with Crippen LogP contribution in [0.4, 0.5) is 15.8 Å². The number of nitro groups is 1. The van der Waals surface area contributed by atoms with Gasteiger partial charge in [0.2, 0.25) is 0 Å². The number of piperazine rings is 1. The first-order valence-corrected chi connectivity index (χ1v) is 5.45. The van der Waals surface area contributed by atoms with Crippen LogP contribution in [-0.4, -0.2) is 43.0 Å². The van der Waals surface area contributed by atoms with Crippen molar-refractivity contribution < 1.29 is 9.31 Å². The molecule has 2 rings (SSSR count). The molecule has 1 aromatic rings. The van der Waals surface area contributed by atoms with Crippen molar-refractivity contribution in [3.8, 4) is 0 Å². The lowest BCUT2D eigenvalue weighted by atomic mass is 10.2. The Balaban J connectivity index is 2.30. The predicted molar refractivity (Wildman–Crippen MR) is 62.8 cm³/mol. The Morgan fingerprint density at radius 3 is 2.53 bits per heavy atom. The molecule has 17 heavy (non-hydrogen) atoms. The lowest BCUT2D eigenvalue weighted by molar-refractivity contribution is -0.384. The van der Waals surface area contributed by atoms with E-state index in [1.807, 2.05) is 11.9 Å². The molecule has 0 radical (unpaired) electrons. The number of hydrogen-bond acceptors (Lipinski definition) is 4. The van der Waals surface area contributed by atoms with Crippen molar-refractivity contribution in [3.63, 3.8) is 0 Å². The van der Waals surface area contributed by atoms with Gasteiger partial charge in [-0.25, -0.2) is 4.39 Å². The number of nitrogens with zero attached hydrogens (tertiary/aromatic N) is 3. The van der Waals surface area contributed by atoms with Crippen molar-refractivity contribution in [2.45, 2.75) is 0 Å². The van der Waals surface area contributed by atoms with Crippen LogP contribution in [0.3, 0.4) is 0 Å². The SMILES string of the molecule is CN1CCN(c2cc(F)ccc2[N+](=O)[O-])CC1. The molecule has 0 bridgehead atoms. The minimum Gasteiger partial charge on any atom is -0.363 e. The third-order valence-corrected chi connectivity index (χ3v) is 2.98. The van der Waals surface area contributed by atoms with Gasteiger partial charge in [0.25, 0.3) is 5.69 Å². The van der Waals surface area contributed by atoms with E-state index in [1.54, 1.807) is 0 Å². The van der Waals surface area contributed by atoms with E-state index in [4.69, 9.17) is 0 Å². The van der Waals surface area contributed by atoms with Gasteiger partial charge < -0.3 is 9.80 Å². The van der Waals surface area contributed by atoms with E-state index in [0.29, 0.717) is 18.8 Å². The van der Waals surface area contributed by atoms with Crippen LogP contribution >= 0.6 is 0 Å². The van der Waals surface area contributed by atoms with Gasteiger partial charge in [-0.05, 0) is 13.1 Å². The molecule has 5 nitrogen and oxygen atoms in total. The van der Waals surface area contributed by atoms with Crippen molar-refractivity contribution >= 4 is 11.4 Å². The number of rotatable bonds is 2. The fraction of sp³-hybridized carbons (Fsp3) is 0.455. The Morgan fingerprint density at radius 1 is 1.29 bits per heavy atom. The van der Waals surface area contributed by atoms with Crippen LogP contribution < -0.4 is 4.90 Å². The summed E-state index contributed by atoms with van der Waals surface area (Å²) in [7, 11) is 2.00. The Kier molecular flexibility index (Phi) is 3.23. The zero-order chi connectivity index (χ0) is 12.4. The fourth-order valence-electron chi connectivity index (χ4n) is 1.95. The second kappa shape index (κ2) is 4.67. The summed E-state index contributed by atoms with van der Waals surface area (Å²) in [6.45, 7) is 3.02. The first-order chi connectivity index (χ1) is 8.08. The summed E-state index contributed by atoms with van der Waals surface area (Å²) >= 11 is 0. The lowest BCUT2D eigenvalue weighted by Crippen LogP contribution is -2.44. The summed E-state index contributed by atoms with van der Waals surface area (Å²) in [5.41, 5.74) is 0.346. The van der Waals surface area contributed by atoms with Gasteiger partial charge in [-0.3, -0.25) is 10.1 Å². The highest BCUT2D eigenvalue weighted by atomic mass is 19.1. The van der Waals surface area contributed by atoms with Gasteiger partial charge in [-0.15, -0.1) is 0 Å². The summed E-state index contributed by atoms with van der Waals surface area (Å²) in [6.07, 6.45) is 0. The molecule has 0 unspecified atom stereocenters. The maximum Gasteiger partial charge on any atom is 0.292 e. The van der Waals surface area contributed by atoms with E-state index >= 15 is 0 Å². The first-order valence-electron chi connectivity index (χ1n) is 5.45. The third-order valence-electron chi connectivity index (χ3n) is 2.98. The van der Waals surface area contributed by atoms with Gasteiger partial charge in [-0.1, -0.05) is 0 Å². The van der Waals surface area contributed by atoms with E-state index in [0.717, 1.165) is 19.2 Å². The quantitative estimate of drug-likeness (QED) is 0.579. The molecule has 1 saturated heterocycles. The van der Waals surface area contributed by atoms with Gasteiger partial charge in [0.05, 0.1) is 4.92 Å². The Labute approximate surface area is 98.6 Å². The van der Waals surface area contributed by atoms with Gasteiger partial charge in [0, 0.05) is 38.3 Å². The first kappa shape index (κ1) is 11.8. The molecular weight excluding hydrogens is 225 g/mol. The van der Waals surface area contributed by atoms with Crippen LogP contribution in [0.15, 0.2) is 18.2 Å². The standard InChI is InChI=1S/C11H14FN3O2/c1-13-4-6-14(7-5-13)11-8-9(12)2-3-10(11)15(16)17/h2-3,8H,4-7H2,1H3. The molecule has 1 aliphatic heterocycles.